The molecule has 1 N–H and O–H groups in total. The minimum absolute atomic E-state index is 0.129. The fourth-order valence-corrected chi connectivity index (χ4v) is 3.30. The number of rotatable bonds is 10. The van der Waals surface area contributed by atoms with E-state index in [2.05, 4.69) is 33.4 Å². The van der Waals surface area contributed by atoms with Gasteiger partial charge in [0.05, 0.1) is 11.8 Å². The maximum Gasteiger partial charge on any atom is 0.343 e. The molecule has 3 rings (SSSR count). The van der Waals surface area contributed by atoms with E-state index in [-0.39, 0.29) is 12.5 Å². The average Bonchev–Trinajstić information content (AvgIpc) is 2.83. The highest BCUT2D eigenvalue weighted by Crippen LogP contribution is 2.17. The highest BCUT2D eigenvalue weighted by molar-refractivity contribution is 9.10. The predicted octanol–water partition coefficient (Wildman–Crippen LogP) is 5.54. The molecule has 0 aromatic heterocycles. The van der Waals surface area contributed by atoms with Crippen molar-refractivity contribution in [1.29, 1.82) is 0 Å². The molecule has 0 heterocycles. The van der Waals surface area contributed by atoms with E-state index in [9.17, 15) is 9.59 Å². The summed E-state index contributed by atoms with van der Waals surface area (Å²) in [7, 11) is 0. The van der Waals surface area contributed by atoms with Gasteiger partial charge < -0.3 is 9.47 Å². The van der Waals surface area contributed by atoms with E-state index in [1.54, 1.807) is 42.5 Å². The summed E-state index contributed by atoms with van der Waals surface area (Å²) >= 11 is 3.33. The normalized spacial score (nSPS) is 10.7. The van der Waals surface area contributed by atoms with Crippen LogP contribution >= 0.6 is 15.9 Å². The Kier molecular flexibility index (Phi) is 9.20. The van der Waals surface area contributed by atoms with Gasteiger partial charge in [0.25, 0.3) is 5.91 Å². The number of nitrogens with zero attached hydrogens (tertiary/aromatic N) is 1. The standard InChI is InChI=1S/C26H25BrN2O4/c1-2-3-5-19-8-12-23(13-9-19)32-18-25(30)29-28-17-20-10-14-24(15-11-20)33-26(31)21-6-4-7-22(27)16-21/h4,6-17H,2-3,5,18H2,1H3,(H,29,30)/b28-17-. The lowest BCUT2D eigenvalue weighted by atomic mass is 10.1. The van der Waals surface area contributed by atoms with E-state index in [1.165, 1.54) is 11.8 Å². The quantitative estimate of drug-likeness (QED) is 0.169. The molecule has 7 heteroatoms. The van der Waals surface area contributed by atoms with Crippen molar-refractivity contribution in [2.24, 2.45) is 5.10 Å². The van der Waals surface area contributed by atoms with Crippen molar-refractivity contribution < 1.29 is 19.1 Å². The monoisotopic (exact) mass is 508 g/mol. The number of unbranched alkanes of at least 4 members (excludes halogenated alkanes) is 1. The first kappa shape index (κ1) is 24.2. The van der Waals surface area contributed by atoms with Gasteiger partial charge >= 0.3 is 5.97 Å². The number of hydrazone groups is 1. The fourth-order valence-electron chi connectivity index (χ4n) is 2.90. The van der Waals surface area contributed by atoms with Crippen LogP contribution in [0.15, 0.2) is 82.4 Å². The summed E-state index contributed by atoms with van der Waals surface area (Å²) in [4.78, 5) is 24.1. The molecular formula is C26H25BrN2O4. The smallest absolute Gasteiger partial charge is 0.343 e. The maximum atomic E-state index is 12.2. The third-order valence-electron chi connectivity index (χ3n) is 4.67. The molecule has 0 aliphatic carbocycles. The van der Waals surface area contributed by atoms with Gasteiger partial charge in [-0.3, -0.25) is 4.79 Å². The summed E-state index contributed by atoms with van der Waals surface area (Å²) in [5.41, 5.74) is 4.88. The molecule has 0 unspecified atom stereocenters. The Labute approximate surface area is 201 Å². The Morgan fingerprint density at radius 1 is 1.00 bits per heavy atom. The van der Waals surface area contributed by atoms with Gasteiger partial charge in [-0.1, -0.05) is 47.5 Å². The van der Waals surface area contributed by atoms with Crippen LogP contribution in [-0.4, -0.2) is 24.7 Å². The summed E-state index contributed by atoms with van der Waals surface area (Å²) in [5, 5.41) is 3.93. The van der Waals surface area contributed by atoms with Gasteiger partial charge in [0.15, 0.2) is 6.61 Å². The van der Waals surface area contributed by atoms with Gasteiger partial charge in [0.1, 0.15) is 11.5 Å². The van der Waals surface area contributed by atoms with E-state index >= 15 is 0 Å². The molecule has 0 fully saturated rings. The number of ether oxygens (including phenoxy) is 2. The SMILES string of the molecule is CCCCc1ccc(OCC(=O)N/N=C\c2ccc(OC(=O)c3cccc(Br)c3)cc2)cc1. The molecule has 1 amide bonds. The maximum absolute atomic E-state index is 12.2. The summed E-state index contributed by atoms with van der Waals surface area (Å²) in [5.74, 6) is 0.249. The molecule has 0 spiro atoms. The molecular weight excluding hydrogens is 484 g/mol. The number of esters is 1. The van der Waals surface area contributed by atoms with Crippen LogP contribution in [0.5, 0.6) is 11.5 Å². The second kappa shape index (κ2) is 12.6. The largest absolute Gasteiger partial charge is 0.484 e. The number of hydrogen-bond acceptors (Lipinski definition) is 5. The van der Waals surface area contributed by atoms with Gasteiger partial charge in [-0.05, 0) is 78.6 Å². The molecule has 0 atom stereocenters. The second-order valence-electron chi connectivity index (χ2n) is 7.30. The first-order valence-corrected chi connectivity index (χ1v) is 11.4. The van der Waals surface area contributed by atoms with Gasteiger partial charge in [0.2, 0.25) is 0 Å². The van der Waals surface area contributed by atoms with E-state index in [4.69, 9.17) is 9.47 Å². The summed E-state index contributed by atoms with van der Waals surface area (Å²) in [6.07, 6.45) is 4.85. The third-order valence-corrected chi connectivity index (χ3v) is 5.16. The molecule has 3 aromatic rings. The Hall–Kier alpha value is -3.45. The van der Waals surface area contributed by atoms with E-state index in [1.807, 2.05) is 30.3 Å². The highest BCUT2D eigenvalue weighted by atomic mass is 79.9. The molecule has 0 saturated heterocycles. The third kappa shape index (κ3) is 8.20. The Bertz CT molecular complexity index is 1100. The van der Waals surface area contributed by atoms with E-state index < -0.39 is 5.97 Å². The van der Waals surface area contributed by atoms with Crippen LogP contribution in [0.3, 0.4) is 0 Å². The van der Waals surface area contributed by atoms with Crippen LogP contribution in [0.2, 0.25) is 0 Å². The molecule has 6 nitrogen and oxygen atoms in total. The fraction of sp³-hybridized carbons (Fsp3) is 0.192. The van der Waals surface area contributed by atoms with Crippen molar-refractivity contribution in [3.63, 3.8) is 0 Å². The zero-order chi connectivity index (χ0) is 23.5. The number of aryl methyl sites for hydroxylation is 1. The number of benzene rings is 3. The highest BCUT2D eigenvalue weighted by Gasteiger charge is 2.08. The van der Waals surface area contributed by atoms with E-state index in [0.717, 1.165) is 29.3 Å². The predicted molar refractivity (Wildman–Crippen MR) is 132 cm³/mol. The average molecular weight is 509 g/mol. The van der Waals surface area contributed by atoms with Crippen molar-refractivity contribution >= 4 is 34.0 Å². The first-order valence-electron chi connectivity index (χ1n) is 10.6. The molecule has 0 radical (unpaired) electrons. The number of carbonyl (C=O) groups excluding carboxylic acids is 2. The lowest BCUT2D eigenvalue weighted by Gasteiger charge is -2.06. The van der Waals surface area contributed by atoms with Gasteiger partial charge in [0, 0.05) is 4.47 Å². The molecule has 0 saturated carbocycles. The number of carbonyl (C=O) groups is 2. The van der Waals surface area contributed by atoms with Gasteiger partial charge in [-0.2, -0.15) is 5.10 Å². The summed E-state index contributed by atoms with van der Waals surface area (Å²) in [6, 6.07) is 21.5. The van der Waals surface area contributed by atoms with Gasteiger partial charge in [-0.25, -0.2) is 10.2 Å². The minimum Gasteiger partial charge on any atom is -0.484 e. The Morgan fingerprint density at radius 2 is 1.73 bits per heavy atom. The number of nitrogens with one attached hydrogen (secondary N) is 1. The summed E-state index contributed by atoms with van der Waals surface area (Å²) < 4.78 is 11.7. The topological polar surface area (TPSA) is 77.0 Å². The molecule has 0 aliphatic heterocycles. The van der Waals surface area contributed by atoms with Crippen molar-refractivity contribution in [1.82, 2.24) is 5.43 Å². The molecule has 170 valence electrons. The lowest BCUT2D eigenvalue weighted by Crippen LogP contribution is -2.24. The molecule has 0 bridgehead atoms. The van der Waals surface area contributed by atoms with Crippen LogP contribution in [0.1, 0.15) is 41.3 Å². The van der Waals surface area contributed by atoms with Crippen molar-refractivity contribution in [2.75, 3.05) is 6.61 Å². The van der Waals surface area contributed by atoms with Gasteiger partial charge in [-0.15, -0.1) is 0 Å². The molecule has 3 aromatic carbocycles. The van der Waals surface area contributed by atoms with E-state index in [0.29, 0.717) is 17.1 Å². The van der Waals surface area contributed by atoms with Crippen LogP contribution in [0, 0.1) is 0 Å². The molecule has 0 aliphatic rings. The Balaban J connectivity index is 1.42. The summed E-state index contributed by atoms with van der Waals surface area (Å²) in [6.45, 7) is 2.03. The zero-order valence-electron chi connectivity index (χ0n) is 18.3. The van der Waals surface area contributed by atoms with Crippen LogP contribution < -0.4 is 14.9 Å². The van der Waals surface area contributed by atoms with Crippen molar-refractivity contribution in [3.8, 4) is 11.5 Å². The minimum atomic E-state index is -0.444. The Morgan fingerprint density at radius 3 is 2.42 bits per heavy atom. The number of hydrogen-bond donors (Lipinski definition) is 1. The zero-order valence-corrected chi connectivity index (χ0v) is 19.9. The second-order valence-corrected chi connectivity index (χ2v) is 8.21. The lowest BCUT2D eigenvalue weighted by molar-refractivity contribution is -0.123. The van der Waals surface area contributed by atoms with Crippen LogP contribution in [0.4, 0.5) is 0 Å². The number of amides is 1. The van der Waals surface area contributed by atoms with Crippen molar-refractivity contribution in [2.45, 2.75) is 26.2 Å². The molecule has 33 heavy (non-hydrogen) atoms. The van der Waals surface area contributed by atoms with Crippen LogP contribution in [0.25, 0.3) is 0 Å². The van der Waals surface area contributed by atoms with Crippen molar-refractivity contribution in [3.05, 3.63) is 94.0 Å². The number of halogens is 1. The van der Waals surface area contributed by atoms with Crippen LogP contribution in [-0.2, 0) is 11.2 Å². The first-order chi connectivity index (χ1) is 16.0.